The maximum atomic E-state index is 13.9. The third-order valence-corrected chi connectivity index (χ3v) is 7.23. The van der Waals surface area contributed by atoms with E-state index < -0.39 is 5.92 Å². The third-order valence-electron chi connectivity index (χ3n) is 6.67. The summed E-state index contributed by atoms with van der Waals surface area (Å²) in [5.74, 6) is -0.726. The van der Waals surface area contributed by atoms with Gasteiger partial charge in [0.05, 0.1) is 28.4 Å². The minimum Gasteiger partial charge on any atom is -0.295 e. The monoisotopic (exact) mass is 532 g/mol. The van der Waals surface area contributed by atoms with Gasteiger partial charge in [-0.05, 0) is 69.7 Å². The van der Waals surface area contributed by atoms with E-state index in [4.69, 9.17) is 23.2 Å². The molecule has 0 spiro atoms. The lowest BCUT2D eigenvalue weighted by atomic mass is 9.85. The molecule has 0 aliphatic rings. The van der Waals surface area contributed by atoms with E-state index in [0.717, 1.165) is 11.1 Å². The topological polar surface area (TPSA) is 75.6 Å². The van der Waals surface area contributed by atoms with Crippen LogP contribution in [0.1, 0.15) is 45.1 Å². The van der Waals surface area contributed by atoms with Crippen molar-refractivity contribution in [2.24, 2.45) is 0 Å². The van der Waals surface area contributed by atoms with Crippen LogP contribution in [0.3, 0.4) is 0 Å². The summed E-state index contributed by atoms with van der Waals surface area (Å²) >= 11 is 12.9. The molecule has 0 bridgehead atoms. The molecule has 188 valence electrons. The van der Waals surface area contributed by atoms with Gasteiger partial charge in [-0.15, -0.1) is 0 Å². The van der Waals surface area contributed by atoms with E-state index >= 15 is 0 Å². The van der Waals surface area contributed by atoms with Crippen molar-refractivity contribution in [3.8, 4) is 11.4 Å². The number of H-pyrrole nitrogens is 2. The molecule has 0 saturated carbocycles. The molecular formula is C29H26Cl2N4O2. The Morgan fingerprint density at radius 2 is 1.08 bits per heavy atom. The first kappa shape index (κ1) is 24.9. The summed E-state index contributed by atoms with van der Waals surface area (Å²) in [5.41, 5.74) is 5.88. The van der Waals surface area contributed by atoms with Crippen LogP contribution >= 0.6 is 23.2 Å². The summed E-state index contributed by atoms with van der Waals surface area (Å²) in [7, 11) is 0. The van der Waals surface area contributed by atoms with Crippen molar-refractivity contribution in [3.05, 3.63) is 137 Å². The minimum atomic E-state index is -0.726. The molecule has 37 heavy (non-hydrogen) atoms. The number of rotatable bonds is 5. The van der Waals surface area contributed by atoms with Crippen molar-refractivity contribution in [3.63, 3.8) is 0 Å². The lowest BCUT2D eigenvalue weighted by molar-refractivity contribution is 0.830. The summed E-state index contributed by atoms with van der Waals surface area (Å²) < 4.78 is 3.00. The molecule has 5 aromatic rings. The van der Waals surface area contributed by atoms with Crippen molar-refractivity contribution in [1.82, 2.24) is 19.6 Å². The Morgan fingerprint density at radius 1 is 0.649 bits per heavy atom. The van der Waals surface area contributed by atoms with Gasteiger partial charge < -0.3 is 0 Å². The molecule has 0 radical (unpaired) electrons. The fourth-order valence-electron chi connectivity index (χ4n) is 4.74. The molecule has 0 atom stereocenters. The molecule has 6 nitrogen and oxygen atoms in total. The van der Waals surface area contributed by atoms with Crippen LogP contribution in [-0.4, -0.2) is 19.6 Å². The number of aromatic amines is 2. The zero-order valence-corrected chi connectivity index (χ0v) is 22.4. The molecule has 0 aliphatic carbocycles. The van der Waals surface area contributed by atoms with E-state index in [9.17, 15) is 9.59 Å². The number of aryl methyl sites for hydroxylation is 4. The number of nitrogens with zero attached hydrogens (tertiary/aromatic N) is 2. The Morgan fingerprint density at radius 3 is 1.49 bits per heavy atom. The average molecular weight is 533 g/mol. The highest BCUT2D eigenvalue weighted by Gasteiger charge is 2.32. The summed E-state index contributed by atoms with van der Waals surface area (Å²) in [6.45, 7) is 7.64. The molecule has 0 fully saturated rings. The van der Waals surface area contributed by atoms with Gasteiger partial charge in [-0.1, -0.05) is 64.7 Å². The van der Waals surface area contributed by atoms with Gasteiger partial charge in [-0.3, -0.25) is 19.8 Å². The average Bonchev–Trinajstić information content (AvgIpc) is 3.32. The van der Waals surface area contributed by atoms with Gasteiger partial charge in [0.1, 0.15) is 0 Å². The summed E-state index contributed by atoms with van der Waals surface area (Å²) in [4.78, 5) is 27.8. The Hall–Kier alpha value is -3.74. The first-order valence-corrected chi connectivity index (χ1v) is 12.6. The highest BCUT2D eigenvalue weighted by atomic mass is 35.5. The molecular weight excluding hydrogens is 507 g/mol. The normalized spacial score (nSPS) is 11.4. The van der Waals surface area contributed by atoms with Crippen LogP contribution in [0.2, 0.25) is 10.0 Å². The number of nitrogens with one attached hydrogen (secondary N) is 2. The Bertz CT molecular complexity index is 1620. The minimum absolute atomic E-state index is 0.251. The standard InChI is InChI=1S/C29H26Cl2N4O2/c1-16-5-10-21(11-6-16)34-28(36)25(18(3)32-34)27(23-14-9-20(30)15-24(23)31)26-19(4)33-35(29(26)37)22-12-7-17(2)8-13-22/h5-15,27,32-33H,1-4H3. The van der Waals surface area contributed by atoms with E-state index in [-0.39, 0.29) is 11.1 Å². The maximum absolute atomic E-state index is 13.9. The van der Waals surface area contributed by atoms with E-state index in [0.29, 0.717) is 49.5 Å². The highest BCUT2D eigenvalue weighted by Crippen LogP contribution is 2.37. The molecule has 0 amide bonds. The van der Waals surface area contributed by atoms with Crippen molar-refractivity contribution in [2.75, 3.05) is 0 Å². The van der Waals surface area contributed by atoms with E-state index in [1.54, 1.807) is 18.2 Å². The van der Waals surface area contributed by atoms with Crippen LogP contribution in [0.5, 0.6) is 0 Å². The molecule has 8 heteroatoms. The van der Waals surface area contributed by atoms with Crippen LogP contribution in [-0.2, 0) is 0 Å². The number of hydrogen-bond acceptors (Lipinski definition) is 2. The smallest absolute Gasteiger partial charge is 0.275 e. The van der Waals surface area contributed by atoms with Gasteiger partial charge in [0, 0.05) is 21.4 Å². The number of halogens is 2. The summed E-state index contributed by atoms with van der Waals surface area (Å²) in [6.07, 6.45) is 0. The van der Waals surface area contributed by atoms with Crippen molar-refractivity contribution in [1.29, 1.82) is 0 Å². The van der Waals surface area contributed by atoms with E-state index in [2.05, 4.69) is 10.2 Å². The van der Waals surface area contributed by atoms with E-state index in [1.165, 1.54) is 9.36 Å². The van der Waals surface area contributed by atoms with Crippen LogP contribution in [0.15, 0.2) is 76.3 Å². The Labute approximate surface area is 224 Å². The molecule has 2 heterocycles. The Kier molecular flexibility index (Phi) is 6.48. The summed E-state index contributed by atoms with van der Waals surface area (Å²) in [6, 6.07) is 20.4. The van der Waals surface area contributed by atoms with Crippen LogP contribution in [0.4, 0.5) is 0 Å². The molecule has 0 aliphatic heterocycles. The van der Waals surface area contributed by atoms with Crippen LogP contribution < -0.4 is 11.1 Å². The predicted octanol–water partition coefficient (Wildman–Crippen LogP) is 6.37. The Balaban J connectivity index is 1.78. The van der Waals surface area contributed by atoms with Gasteiger partial charge in [0.25, 0.3) is 11.1 Å². The molecule has 5 rings (SSSR count). The SMILES string of the molecule is Cc1ccc(-n2[nH]c(C)c(C(c3ccc(Cl)cc3Cl)c3c(C)[nH]n(-c4ccc(C)cc4)c3=O)c2=O)cc1. The first-order valence-electron chi connectivity index (χ1n) is 11.9. The van der Waals surface area contributed by atoms with Gasteiger partial charge in [-0.2, -0.15) is 0 Å². The zero-order chi connectivity index (χ0) is 26.4. The molecule has 2 aromatic heterocycles. The molecule has 3 aromatic carbocycles. The fourth-order valence-corrected chi connectivity index (χ4v) is 5.26. The fraction of sp³-hybridized carbons (Fsp3) is 0.172. The third kappa shape index (κ3) is 4.47. The maximum Gasteiger partial charge on any atom is 0.275 e. The number of aromatic nitrogens is 4. The van der Waals surface area contributed by atoms with Gasteiger partial charge in [-0.25, -0.2) is 9.36 Å². The highest BCUT2D eigenvalue weighted by molar-refractivity contribution is 6.35. The molecule has 2 N–H and O–H groups in total. The van der Waals surface area contributed by atoms with Gasteiger partial charge >= 0.3 is 0 Å². The summed E-state index contributed by atoms with van der Waals surface area (Å²) in [5, 5.41) is 7.25. The number of benzene rings is 3. The quantitative estimate of drug-likeness (QED) is 0.276. The second-order valence-electron chi connectivity index (χ2n) is 9.35. The van der Waals surface area contributed by atoms with Crippen LogP contribution in [0.25, 0.3) is 11.4 Å². The van der Waals surface area contributed by atoms with Crippen molar-refractivity contribution < 1.29 is 0 Å². The van der Waals surface area contributed by atoms with Crippen molar-refractivity contribution in [2.45, 2.75) is 33.6 Å². The second kappa shape index (κ2) is 9.61. The number of hydrogen-bond donors (Lipinski definition) is 2. The van der Waals surface area contributed by atoms with Crippen molar-refractivity contribution >= 4 is 23.2 Å². The van der Waals surface area contributed by atoms with E-state index in [1.807, 2.05) is 76.2 Å². The van der Waals surface area contributed by atoms with Gasteiger partial charge in [0.2, 0.25) is 0 Å². The second-order valence-corrected chi connectivity index (χ2v) is 10.2. The lowest BCUT2D eigenvalue weighted by Crippen LogP contribution is -2.25. The largest absolute Gasteiger partial charge is 0.295 e. The lowest BCUT2D eigenvalue weighted by Gasteiger charge is -2.17. The zero-order valence-electron chi connectivity index (χ0n) is 20.9. The first-order chi connectivity index (χ1) is 17.7. The predicted molar refractivity (Wildman–Crippen MR) is 149 cm³/mol. The van der Waals surface area contributed by atoms with Crippen LogP contribution in [0, 0.1) is 27.7 Å². The molecule has 0 saturated heterocycles. The van der Waals surface area contributed by atoms with Gasteiger partial charge in [0.15, 0.2) is 0 Å². The molecule has 0 unspecified atom stereocenters.